The van der Waals surface area contributed by atoms with Gasteiger partial charge in [-0.15, -0.1) is 11.8 Å². The van der Waals surface area contributed by atoms with E-state index in [9.17, 15) is 9.59 Å². The van der Waals surface area contributed by atoms with Gasteiger partial charge in [-0.2, -0.15) is 0 Å². The van der Waals surface area contributed by atoms with E-state index in [2.05, 4.69) is 5.16 Å². The highest BCUT2D eigenvalue weighted by atomic mass is 32.2. The van der Waals surface area contributed by atoms with E-state index in [4.69, 9.17) is 9.26 Å². The largest absolute Gasteiger partial charge is 0.457 e. The fraction of sp³-hybridized carbons (Fsp3) is 0.190. The topological polar surface area (TPSA) is 69.4 Å². The van der Waals surface area contributed by atoms with Gasteiger partial charge in [-0.05, 0) is 18.4 Å². The van der Waals surface area contributed by atoms with Crippen LogP contribution in [-0.2, 0) is 16.1 Å². The molecule has 0 amide bonds. The summed E-state index contributed by atoms with van der Waals surface area (Å²) in [5.41, 5.74) is 2.21. The van der Waals surface area contributed by atoms with E-state index in [1.807, 2.05) is 48.7 Å². The van der Waals surface area contributed by atoms with Gasteiger partial charge in [-0.1, -0.05) is 47.6 Å². The third-order valence-electron chi connectivity index (χ3n) is 3.97. The van der Waals surface area contributed by atoms with Crippen molar-refractivity contribution in [3.8, 4) is 11.3 Å². The minimum atomic E-state index is -0.443. The second-order valence-corrected chi connectivity index (χ2v) is 6.74. The lowest BCUT2D eigenvalue weighted by Gasteiger charge is -2.03. The minimum absolute atomic E-state index is 0.00469. The standard InChI is InChI=1S/C21H19NO4S/c1-27-18-9-7-16(8-10-18)20(23)11-12-21(24)25-14-17-13-19(22-26-17)15-5-3-2-4-6-15/h2-10,13H,11-12,14H2,1H3. The van der Waals surface area contributed by atoms with E-state index in [1.54, 1.807) is 30.0 Å². The number of ketones is 1. The van der Waals surface area contributed by atoms with Gasteiger partial charge in [-0.3, -0.25) is 9.59 Å². The predicted octanol–water partition coefficient (Wildman–Crippen LogP) is 4.77. The van der Waals surface area contributed by atoms with Crippen molar-refractivity contribution in [3.63, 3.8) is 0 Å². The molecule has 0 saturated carbocycles. The third kappa shape index (κ3) is 5.31. The molecule has 0 spiro atoms. The molecule has 0 bridgehead atoms. The smallest absolute Gasteiger partial charge is 0.306 e. The van der Waals surface area contributed by atoms with Crippen LogP contribution in [-0.4, -0.2) is 23.2 Å². The lowest BCUT2D eigenvalue weighted by atomic mass is 10.1. The maximum atomic E-state index is 12.1. The first-order valence-electron chi connectivity index (χ1n) is 8.49. The van der Waals surface area contributed by atoms with Crippen LogP contribution in [0, 0.1) is 0 Å². The molecule has 1 heterocycles. The fourth-order valence-corrected chi connectivity index (χ4v) is 2.89. The number of hydrogen-bond donors (Lipinski definition) is 0. The number of carbonyl (C=O) groups is 2. The van der Waals surface area contributed by atoms with Crippen molar-refractivity contribution in [1.29, 1.82) is 0 Å². The van der Waals surface area contributed by atoms with E-state index in [0.717, 1.165) is 10.5 Å². The summed E-state index contributed by atoms with van der Waals surface area (Å²) in [5.74, 6) is -0.0615. The van der Waals surface area contributed by atoms with Crippen LogP contribution in [0.4, 0.5) is 0 Å². The first kappa shape index (κ1) is 18.9. The zero-order valence-electron chi connectivity index (χ0n) is 14.9. The Kier molecular flexibility index (Phi) is 6.44. The molecule has 0 saturated heterocycles. The lowest BCUT2D eigenvalue weighted by molar-refractivity contribution is -0.145. The Labute approximate surface area is 161 Å². The Balaban J connectivity index is 1.45. The molecule has 3 rings (SSSR count). The number of rotatable bonds is 8. The van der Waals surface area contributed by atoms with Crippen LogP contribution in [0.2, 0.25) is 0 Å². The first-order valence-corrected chi connectivity index (χ1v) is 9.72. The molecule has 138 valence electrons. The van der Waals surface area contributed by atoms with E-state index < -0.39 is 5.97 Å². The molecule has 0 unspecified atom stereocenters. The fourth-order valence-electron chi connectivity index (χ4n) is 2.49. The summed E-state index contributed by atoms with van der Waals surface area (Å²) in [4.78, 5) is 25.1. The van der Waals surface area contributed by atoms with Gasteiger partial charge >= 0.3 is 5.97 Å². The van der Waals surface area contributed by atoms with Crippen molar-refractivity contribution >= 4 is 23.5 Å². The third-order valence-corrected chi connectivity index (χ3v) is 4.72. The summed E-state index contributed by atoms with van der Waals surface area (Å²) in [6, 6.07) is 18.7. The highest BCUT2D eigenvalue weighted by Gasteiger charge is 2.12. The molecule has 3 aromatic rings. The molecule has 27 heavy (non-hydrogen) atoms. The zero-order chi connectivity index (χ0) is 19.1. The molecule has 2 aromatic carbocycles. The molecule has 0 N–H and O–H groups in total. The van der Waals surface area contributed by atoms with Crippen LogP contribution in [0.5, 0.6) is 0 Å². The lowest BCUT2D eigenvalue weighted by Crippen LogP contribution is -2.08. The summed E-state index contributed by atoms with van der Waals surface area (Å²) >= 11 is 1.61. The van der Waals surface area contributed by atoms with Gasteiger partial charge in [-0.25, -0.2) is 0 Å². The number of esters is 1. The second kappa shape index (κ2) is 9.19. The van der Waals surface area contributed by atoms with Crippen molar-refractivity contribution in [3.05, 3.63) is 72.0 Å². The van der Waals surface area contributed by atoms with Crippen LogP contribution in [0.1, 0.15) is 29.0 Å². The summed E-state index contributed by atoms with van der Waals surface area (Å²) in [6.45, 7) is -0.00469. The van der Waals surface area contributed by atoms with Crippen LogP contribution in [0.25, 0.3) is 11.3 Å². The van der Waals surface area contributed by atoms with Gasteiger partial charge in [0, 0.05) is 28.5 Å². The van der Waals surface area contributed by atoms with E-state index in [0.29, 0.717) is 17.0 Å². The summed E-state index contributed by atoms with van der Waals surface area (Å²) in [5, 5.41) is 3.97. The van der Waals surface area contributed by atoms with E-state index in [-0.39, 0.29) is 25.2 Å². The molecular formula is C21H19NO4S. The number of ether oxygens (including phenoxy) is 1. The molecule has 0 radical (unpaired) electrons. The number of Topliss-reactive ketones (excluding diaryl/α,β-unsaturated/α-hetero) is 1. The van der Waals surface area contributed by atoms with Crippen molar-refractivity contribution in [1.82, 2.24) is 5.16 Å². The predicted molar refractivity (Wildman–Crippen MR) is 104 cm³/mol. The monoisotopic (exact) mass is 381 g/mol. The average molecular weight is 381 g/mol. The highest BCUT2D eigenvalue weighted by molar-refractivity contribution is 7.98. The van der Waals surface area contributed by atoms with Crippen LogP contribution in [0.15, 0.2) is 70.1 Å². The first-order chi connectivity index (χ1) is 13.2. The van der Waals surface area contributed by atoms with Crippen molar-refractivity contribution in [2.24, 2.45) is 0 Å². The Morgan fingerprint density at radius 3 is 2.48 bits per heavy atom. The molecular weight excluding hydrogens is 362 g/mol. The molecule has 0 fully saturated rings. The minimum Gasteiger partial charge on any atom is -0.457 e. The van der Waals surface area contributed by atoms with Gasteiger partial charge in [0.05, 0.1) is 6.42 Å². The molecule has 5 nitrogen and oxygen atoms in total. The van der Waals surface area contributed by atoms with Crippen LogP contribution in [0.3, 0.4) is 0 Å². The van der Waals surface area contributed by atoms with Gasteiger partial charge in [0.1, 0.15) is 5.69 Å². The zero-order valence-corrected chi connectivity index (χ0v) is 15.7. The maximum Gasteiger partial charge on any atom is 0.306 e. The normalized spacial score (nSPS) is 10.6. The van der Waals surface area contributed by atoms with Crippen molar-refractivity contribution in [2.75, 3.05) is 6.26 Å². The average Bonchev–Trinajstić information content (AvgIpc) is 3.20. The van der Waals surface area contributed by atoms with Gasteiger partial charge < -0.3 is 9.26 Å². The van der Waals surface area contributed by atoms with Gasteiger partial charge in [0.15, 0.2) is 18.2 Å². The Hall–Kier alpha value is -2.86. The number of thioether (sulfide) groups is 1. The Bertz CT molecular complexity index is 903. The number of hydrogen-bond acceptors (Lipinski definition) is 6. The number of aromatic nitrogens is 1. The van der Waals surface area contributed by atoms with E-state index >= 15 is 0 Å². The molecule has 0 aliphatic rings. The highest BCUT2D eigenvalue weighted by Crippen LogP contribution is 2.19. The van der Waals surface area contributed by atoms with E-state index in [1.165, 1.54) is 0 Å². The van der Waals surface area contributed by atoms with Gasteiger partial charge in [0.2, 0.25) is 0 Å². The Morgan fingerprint density at radius 2 is 1.78 bits per heavy atom. The molecule has 0 aliphatic heterocycles. The molecule has 0 atom stereocenters. The second-order valence-electron chi connectivity index (χ2n) is 5.86. The SMILES string of the molecule is CSc1ccc(C(=O)CCC(=O)OCc2cc(-c3ccccc3)no2)cc1. The number of carbonyl (C=O) groups excluding carboxylic acids is 2. The number of benzene rings is 2. The molecule has 0 aliphatic carbocycles. The molecule has 6 heteroatoms. The van der Waals surface area contributed by atoms with Crippen LogP contribution < -0.4 is 0 Å². The summed E-state index contributed by atoms with van der Waals surface area (Å²) in [7, 11) is 0. The summed E-state index contributed by atoms with van der Waals surface area (Å²) in [6.07, 6.45) is 2.12. The van der Waals surface area contributed by atoms with Crippen molar-refractivity contribution < 1.29 is 18.8 Å². The summed E-state index contributed by atoms with van der Waals surface area (Å²) < 4.78 is 10.4. The quantitative estimate of drug-likeness (QED) is 0.318. The Morgan fingerprint density at radius 1 is 1.04 bits per heavy atom. The maximum absolute atomic E-state index is 12.1. The number of nitrogens with zero attached hydrogens (tertiary/aromatic N) is 1. The molecule has 1 aromatic heterocycles. The van der Waals surface area contributed by atoms with Crippen molar-refractivity contribution in [2.45, 2.75) is 24.3 Å². The van der Waals surface area contributed by atoms with Gasteiger partial charge in [0.25, 0.3) is 0 Å². The van der Waals surface area contributed by atoms with Crippen LogP contribution >= 0.6 is 11.8 Å².